The molecule has 0 fully saturated rings. The monoisotopic (exact) mass is 403 g/mol. The average Bonchev–Trinajstić information content (AvgIpc) is 2.79. The van der Waals surface area contributed by atoms with E-state index < -0.39 is 6.10 Å². The molecule has 1 atom stereocenters. The Balaban J connectivity index is 1.30. The highest BCUT2D eigenvalue weighted by atomic mass is 35.5. The highest BCUT2D eigenvalue weighted by Crippen LogP contribution is 2.26. The lowest BCUT2D eigenvalue weighted by Gasteiger charge is -2.27. The maximum atomic E-state index is 10.6. The van der Waals surface area contributed by atoms with Crippen LogP contribution in [0.15, 0.2) is 84.9 Å². The number of benzene rings is 3. The summed E-state index contributed by atoms with van der Waals surface area (Å²) in [6.45, 7) is 2.84. The molecule has 0 amide bonds. The van der Waals surface area contributed by atoms with E-state index in [0.717, 1.165) is 43.1 Å². The van der Waals surface area contributed by atoms with E-state index in [2.05, 4.69) is 47.4 Å². The predicted octanol–water partition coefficient (Wildman–Crippen LogP) is 6.22. The molecule has 0 saturated heterocycles. The van der Waals surface area contributed by atoms with Crippen molar-refractivity contribution in [3.63, 3.8) is 0 Å². The van der Waals surface area contributed by atoms with Crippen molar-refractivity contribution in [1.82, 2.24) is 4.90 Å². The summed E-state index contributed by atoms with van der Waals surface area (Å²) in [5.74, 6) is 0. The third kappa shape index (κ3) is 5.16. The molecule has 29 heavy (non-hydrogen) atoms. The van der Waals surface area contributed by atoms with E-state index in [0.29, 0.717) is 0 Å². The van der Waals surface area contributed by atoms with Gasteiger partial charge in [0, 0.05) is 24.7 Å². The second-order valence-electron chi connectivity index (χ2n) is 7.58. The van der Waals surface area contributed by atoms with Gasteiger partial charge in [0.25, 0.3) is 0 Å². The normalized spacial score (nSPS) is 15.7. The third-order valence-corrected chi connectivity index (χ3v) is 5.88. The van der Waals surface area contributed by atoms with E-state index >= 15 is 0 Å². The van der Waals surface area contributed by atoms with Gasteiger partial charge in [0.1, 0.15) is 0 Å². The Bertz CT molecular complexity index is 948. The minimum absolute atomic E-state index is 0.429. The smallest absolute Gasteiger partial charge is 0.0802 e. The molecular weight excluding hydrogens is 378 g/mol. The summed E-state index contributed by atoms with van der Waals surface area (Å²) in [5, 5.41) is 11.4. The molecule has 0 aliphatic carbocycles. The number of aliphatic hydroxyl groups excluding tert-OH is 1. The molecule has 0 bridgehead atoms. The first-order valence-corrected chi connectivity index (χ1v) is 10.6. The number of halogens is 1. The summed E-state index contributed by atoms with van der Waals surface area (Å²) >= 11 is 5.98. The zero-order valence-corrected chi connectivity index (χ0v) is 17.2. The van der Waals surface area contributed by atoms with E-state index in [9.17, 15) is 5.11 Å². The number of hydrogen-bond acceptors (Lipinski definition) is 2. The van der Waals surface area contributed by atoms with Crippen molar-refractivity contribution in [3.05, 3.63) is 101 Å². The first kappa shape index (κ1) is 19.9. The van der Waals surface area contributed by atoms with Crippen LogP contribution in [0.5, 0.6) is 0 Å². The van der Waals surface area contributed by atoms with Crippen molar-refractivity contribution in [2.45, 2.75) is 18.9 Å². The molecule has 3 aromatic rings. The maximum absolute atomic E-state index is 10.6. The first-order chi connectivity index (χ1) is 14.2. The Labute approximate surface area is 178 Å². The summed E-state index contributed by atoms with van der Waals surface area (Å²) in [6.07, 6.45) is 3.65. The minimum atomic E-state index is -0.429. The van der Waals surface area contributed by atoms with Crippen LogP contribution in [0.3, 0.4) is 0 Å². The van der Waals surface area contributed by atoms with Crippen LogP contribution in [0.4, 0.5) is 0 Å². The summed E-state index contributed by atoms with van der Waals surface area (Å²) in [7, 11) is 0. The lowest BCUT2D eigenvalue weighted by molar-refractivity contribution is 0.145. The van der Waals surface area contributed by atoms with E-state index in [4.69, 9.17) is 11.6 Å². The highest BCUT2D eigenvalue weighted by Gasteiger charge is 2.15. The van der Waals surface area contributed by atoms with Crippen LogP contribution in [-0.2, 0) is 0 Å². The Morgan fingerprint density at radius 2 is 1.48 bits per heavy atom. The second-order valence-corrected chi connectivity index (χ2v) is 8.02. The minimum Gasteiger partial charge on any atom is -0.388 e. The van der Waals surface area contributed by atoms with Crippen molar-refractivity contribution in [2.75, 3.05) is 19.6 Å². The van der Waals surface area contributed by atoms with Crippen molar-refractivity contribution < 1.29 is 5.11 Å². The average molecular weight is 404 g/mol. The van der Waals surface area contributed by atoms with E-state index in [1.54, 1.807) is 0 Å². The van der Waals surface area contributed by atoms with Gasteiger partial charge >= 0.3 is 0 Å². The molecule has 1 aliphatic rings. The summed E-state index contributed by atoms with van der Waals surface area (Å²) in [6, 6.07) is 26.7. The standard InChI is InChI=1S/C26H26ClNO/c27-25-12-10-22(11-13-25)23-14-17-28(18-15-23)19-16-26(29)24-8-6-21(7-9-24)20-4-2-1-3-5-20/h1-14,26,29H,15-19H2. The fraction of sp³-hybridized carbons (Fsp3) is 0.231. The third-order valence-electron chi connectivity index (χ3n) is 5.63. The number of aliphatic hydroxyl groups is 1. The Morgan fingerprint density at radius 1 is 0.828 bits per heavy atom. The molecule has 0 saturated carbocycles. The lowest BCUT2D eigenvalue weighted by Crippen LogP contribution is -2.30. The van der Waals surface area contributed by atoms with Crippen molar-refractivity contribution >= 4 is 17.2 Å². The van der Waals surface area contributed by atoms with Crippen LogP contribution in [0.1, 0.15) is 30.1 Å². The molecule has 1 aliphatic heterocycles. The van der Waals surface area contributed by atoms with Crippen LogP contribution in [0, 0.1) is 0 Å². The number of rotatable bonds is 6. The van der Waals surface area contributed by atoms with E-state index in [-0.39, 0.29) is 0 Å². The van der Waals surface area contributed by atoms with Gasteiger partial charge in [-0.05, 0) is 52.8 Å². The molecule has 0 radical (unpaired) electrons. The Kier molecular flexibility index (Phi) is 6.46. The zero-order valence-electron chi connectivity index (χ0n) is 16.5. The maximum Gasteiger partial charge on any atom is 0.0802 e. The second kappa shape index (κ2) is 9.41. The number of hydrogen-bond donors (Lipinski definition) is 1. The van der Waals surface area contributed by atoms with Gasteiger partial charge in [-0.1, -0.05) is 84.4 Å². The van der Waals surface area contributed by atoms with Gasteiger partial charge in [-0.2, -0.15) is 0 Å². The van der Waals surface area contributed by atoms with Gasteiger partial charge in [0.15, 0.2) is 0 Å². The Hall–Kier alpha value is -2.39. The largest absolute Gasteiger partial charge is 0.388 e. The van der Waals surface area contributed by atoms with Crippen LogP contribution in [0.25, 0.3) is 16.7 Å². The molecule has 1 heterocycles. The molecule has 3 aromatic carbocycles. The van der Waals surface area contributed by atoms with Gasteiger partial charge in [-0.25, -0.2) is 0 Å². The van der Waals surface area contributed by atoms with Crippen molar-refractivity contribution in [2.24, 2.45) is 0 Å². The quantitative estimate of drug-likeness (QED) is 0.528. The lowest BCUT2D eigenvalue weighted by atomic mass is 9.98. The van der Waals surface area contributed by atoms with E-state index in [1.807, 2.05) is 42.5 Å². The number of nitrogens with zero attached hydrogens (tertiary/aromatic N) is 1. The molecular formula is C26H26ClNO. The van der Waals surface area contributed by atoms with E-state index in [1.165, 1.54) is 22.3 Å². The molecule has 0 spiro atoms. The topological polar surface area (TPSA) is 23.5 Å². The molecule has 148 valence electrons. The molecule has 3 heteroatoms. The first-order valence-electron chi connectivity index (χ1n) is 10.2. The van der Waals surface area contributed by atoms with Gasteiger partial charge in [0.2, 0.25) is 0 Å². The van der Waals surface area contributed by atoms with Gasteiger partial charge in [-0.3, -0.25) is 4.90 Å². The fourth-order valence-corrected chi connectivity index (χ4v) is 3.97. The summed E-state index contributed by atoms with van der Waals surface area (Å²) in [4.78, 5) is 2.40. The zero-order chi connectivity index (χ0) is 20.1. The molecule has 1 N–H and O–H groups in total. The van der Waals surface area contributed by atoms with Crippen LogP contribution in [-0.4, -0.2) is 29.6 Å². The van der Waals surface area contributed by atoms with Gasteiger partial charge in [-0.15, -0.1) is 0 Å². The molecule has 2 nitrogen and oxygen atoms in total. The van der Waals surface area contributed by atoms with Crippen LogP contribution in [0.2, 0.25) is 5.02 Å². The van der Waals surface area contributed by atoms with Crippen molar-refractivity contribution in [3.8, 4) is 11.1 Å². The molecule has 0 aromatic heterocycles. The molecule has 1 unspecified atom stereocenters. The van der Waals surface area contributed by atoms with Gasteiger partial charge < -0.3 is 5.11 Å². The summed E-state index contributed by atoms with van der Waals surface area (Å²) in [5.41, 5.74) is 6.00. The highest BCUT2D eigenvalue weighted by molar-refractivity contribution is 6.30. The van der Waals surface area contributed by atoms with Gasteiger partial charge in [0.05, 0.1) is 6.10 Å². The predicted molar refractivity (Wildman–Crippen MR) is 122 cm³/mol. The summed E-state index contributed by atoms with van der Waals surface area (Å²) < 4.78 is 0. The Morgan fingerprint density at radius 3 is 2.14 bits per heavy atom. The van der Waals surface area contributed by atoms with Crippen LogP contribution < -0.4 is 0 Å². The fourth-order valence-electron chi connectivity index (χ4n) is 3.84. The molecule has 4 rings (SSSR count). The SMILES string of the molecule is OC(CCN1CC=C(c2ccc(Cl)cc2)CC1)c1ccc(-c2ccccc2)cc1. The van der Waals surface area contributed by atoms with Crippen LogP contribution >= 0.6 is 11.6 Å². The van der Waals surface area contributed by atoms with Crippen molar-refractivity contribution in [1.29, 1.82) is 0 Å².